The molecule has 1 amide bonds. The second-order valence-corrected chi connectivity index (χ2v) is 6.37. The fourth-order valence-corrected chi connectivity index (χ4v) is 1.90. The summed E-state index contributed by atoms with van der Waals surface area (Å²) in [5.74, 6) is -1.10. The molecule has 0 atom stereocenters. The monoisotopic (exact) mass is 323 g/mol. The number of hydrogen-bond donors (Lipinski definition) is 1. The van der Waals surface area contributed by atoms with E-state index in [1.165, 1.54) is 11.0 Å². The van der Waals surface area contributed by atoms with Crippen molar-refractivity contribution >= 4 is 17.7 Å². The Morgan fingerprint density at radius 2 is 1.83 bits per heavy atom. The van der Waals surface area contributed by atoms with Gasteiger partial charge in [0.2, 0.25) is 0 Å². The minimum atomic E-state index is -1.10. The first-order valence-electron chi connectivity index (χ1n) is 7.56. The summed E-state index contributed by atoms with van der Waals surface area (Å²) >= 11 is 0. The molecule has 1 aromatic carbocycles. The van der Waals surface area contributed by atoms with E-state index in [1.807, 2.05) is 13.8 Å². The van der Waals surface area contributed by atoms with E-state index in [9.17, 15) is 14.7 Å². The normalized spacial score (nSPS) is 11.4. The maximum absolute atomic E-state index is 12.5. The molecule has 0 aliphatic carbocycles. The lowest BCUT2D eigenvalue weighted by molar-refractivity contribution is 0.0526. The number of benzene rings is 1. The third kappa shape index (κ3) is 6.28. The van der Waals surface area contributed by atoms with Crippen molar-refractivity contribution in [3.63, 3.8) is 0 Å². The van der Waals surface area contributed by atoms with Crippen LogP contribution in [-0.2, 0) is 9.47 Å². The Balaban J connectivity index is 3.08. The molecule has 0 unspecified atom stereocenters. The summed E-state index contributed by atoms with van der Waals surface area (Å²) < 4.78 is 10.9. The number of hydrogen-bond acceptors (Lipinski definition) is 4. The maximum atomic E-state index is 12.5. The fraction of sp³-hybridized carbons (Fsp3) is 0.529. The maximum Gasteiger partial charge on any atom is 0.414 e. The highest BCUT2D eigenvalue weighted by Gasteiger charge is 2.26. The minimum Gasteiger partial charge on any atom is -0.478 e. The summed E-state index contributed by atoms with van der Waals surface area (Å²) in [4.78, 5) is 25.2. The van der Waals surface area contributed by atoms with Crippen molar-refractivity contribution < 1.29 is 24.2 Å². The predicted octanol–water partition coefficient (Wildman–Crippen LogP) is 3.55. The highest BCUT2D eigenvalue weighted by molar-refractivity contribution is 5.99. The van der Waals surface area contributed by atoms with Crippen molar-refractivity contribution in [3.05, 3.63) is 29.8 Å². The zero-order valence-electron chi connectivity index (χ0n) is 14.3. The molecule has 6 nitrogen and oxygen atoms in total. The van der Waals surface area contributed by atoms with Crippen molar-refractivity contribution in [1.29, 1.82) is 0 Å². The average molecular weight is 323 g/mol. The lowest BCUT2D eigenvalue weighted by atomic mass is 10.1. The number of carboxylic acids is 1. The molecule has 1 rings (SSSR count). The van der Waals surface area contributed by atoms with Crippen LogP contribution in [0.2, 0.25) is 0 Å². The van der Waals surface area contributed by atoms with Gasteiger partial charge in [0.15, 0.2) is 0 Å². The molecular formula is C17H25NO5. The molecule has 1 N–H and O–H groups in total. The van der Waals surface area contributed by atoms with Crippen molar-refractivity contribution in [2.75, 3.05) is 18.1 Å². The van der Waals surface area contributed by atoms with Gasteiger partial charge in [0, 0.05) is 0 Å². The highest BCUT2D eigenvalue weighted by Crippen LogP contribution is 2.23. The smallest absolute Gasteiger partial charge is 0.414 e. The van der Waals surface area contributed by atoms with Gasteiger partial charge in [0.05, 0.1) is 30.5 Å². The molecule has 0 saturated heterocycles. The summed E-state index contributed by atoms with van der Waals surface area (Å²) in [6, 6.07) is 6.34. The van der Waals surface area contributed by atoms with E-state index in [2.05, 4.69) is 0 Å². The Morgan fingerprint density at radius 1 is 1.22 bits per heavy atom. The molecular weight excluding hydrogens is 298 g/mol. The lowest BCUT2D eigenvalue weighted by Gasteiger charge is -2.28. The van der Waals surface area contributed by atoms with E-state index in [4.69, 9.17) is 9.47 Å². The van der Waals surface area contributed by atoms with Gasteiger partial charge in [-0.1, -0.05) is 12.1 Å². The minimum absolute atomic E-state index is 0.0187. The van der Waals surface area contributed by atoms with Gasteiger partial charge in [-0.25, -0.2) is 9.59 Å². The number of ether oxygens (including phenoxy) is 2. The van der Waals surface area contributed by atoms with Crippen LogP contribution in [0.15, 0.2) is 24.3 Å². The van der Waals surface area contributed by atoms with Crippen molar-refractivity contribution in [3.8, 4) is 0 Å². The molecule has 0 aliphatic rings. The van der Waals surface area contributed by atoms with Crippen LogP contribution in [0.25, 0.3) is 0 Å². The number of carbonyl (C=O) groups excluding carboxylic acids is 1. The van der Waals surface area contributed by atoms with Gasteiger partial charge in [-0.2, -0.15) is 0 Å². The number of anilines is 1. The Labute approximate surface area is 137 Å². The van der Waals surface area contributed by atoms with Crippen LogP contribution in [0.1, 0.15) is 45.0 Å². The highest BCUT2D eigenvalue weighted by atomic mass is 16.6. The van der Waals surface area contributed by atoms with E-state index < -0.39 is 17.7 Å². The second kappa shape index (κ2) is 7.97. The Bertz CT molecular complexity index is 548. The Morgan fingerprint density at radius 3 is 2.35 bits per heavy atom. The molecule has 0 fully saturated rings. The molecule has 0 saturated carbocycles. The number of rotatable bonds is 6. The third-order valence-electron chi connectivity index (χ3n) is 2.81. The summed E-state index contributed by atoms with van der Waals surface area (Å²) in [6.07, 6.45) is -0.580. The van der Waals surface area contributed by atoms with Crippen molar-refractivity contribution in [2.24, 2.45) is 0 Å². The summed E-state index contributed by atoms with van der Waals surface area (Å²) in [5.41, 5.74) is -0.337. The second-order valence-electron chi connectivity index (χ2n) is 6.37. The molecule has 23 heavy (non-hydrogen) atoms. The molecule has 0 aliphatic heterocycles. The van der Waals surface area contributed by atoms with Gasteiger partial charge in [0.25, 0.3) is 0 Å². The zero-order valence-corrected chi connectivity index (χ0v) is 14.3. The van der Waals surface area contributed by atoms with Gasteiger partial charge in [0.1, 0.15) is 5.60 Å². The van der Waals surface area contributed by atoms with Crippen LogP contribution in [0.4, 0.5) is 10.5 Å². The van der Waals surface area contributed by atoms with Crippen LogP contribution in [0, 0.1) is 0 Å². The fourth-order valence-electron chi connectivity index (χ4n) is 1.90. The number of para-hydroxylation sites is 1. The number of carboxylic acid groups (broad SMARTS) is 1. The lowest BCUT2D eigenvalue weighted by Crippen LogP contribution is -2.39. The van der Waals surface area contributed by atoms with E-state index in [0.29, 0.717) is 5.69 Å². The summed E-state index contributed by atoms with van der Waals surface area (Å²) in [6.45, 7) is 9.55. The zero-order chi connectivity index (χ0) is 17.6. The molecule has 128 valence electrons. The SMILES string of the molecule is CC(C)OCCN(C(=O)OC(C)(C)C)c1ccccc1C(=O)O. The van der Waals surface area contributed by atoms with Crippen LogP contribution in [-0.4, -0.2) is 42.0 Å². The predicted molar refractivity (Wildman–Crippen MR) is 88.1 cm³/mol. The molecule has 1 aromatic rings. The molecule has 0 spiro atoms. The van der Waals surface area contributed by atoms with Gasteiger partial charge >= 0.3 is 12.1 Å². The quantitative estimate of drug-likeness (QED) is 0.866. The van der Waals surface area contributed by atoms with E-state index in [1.54, 1.807) is 39.0 Å². The number of aromatic carboxylic acids is 1. The van der Waals surface area contributed by atoms with E-state index in [0.717, 1.165) is 0 Å². The standard InChI is InChI=1S/C17H25NO5/c1-12(2)22-11-10-18(16(21)23-17(3,4)5)14-9-7-6-8-13(14)15(19)20/h6-9,12H,10-11H2,1-5H3,(H,19,20). The van der Waals surface area contributed by atoms with Gasteiger partial charge in [-0.15, -0.1) is 0 Å². The molecule has 6 heteroatoms. The van der Waals surface area contributed by atoms with Crippen LogP contribution in [0.3, 0.4) is 0 Å². The Kier molecular flexibility index (Phi) is 6.57. The third-order valence-corrected chi connectivity index (χ3v) is 2.81. The van der Waals surface area contributed by atoms with E-state index >= 15 is 0 Å². The first-order chi connectivity index (χ1) is 10.6. The van der Waals surface area contributed by atoms with Crippen LogP contribution >= 0.6 is 0 Å². The largest absolute Gasteiger partial charge is 0.478 e. The number of carbonyl (C=O) groups is 2. The van der Waals surface area contributed by atoms with Gasteiger partial charge in [-0.05, 0) is 46.8 Å². The van der Waals surface area contributed by atoms with Crippen LogP contribution < -0.4 is 4.90 Å². The number of nitrogens with zero attached hydrogens (tertiary/aromatic N) is 1. The number of amides is 1. The average Bonchev–Trinajstić information content (AvgIpc) is 2.41. The summed E-state index contributed by atoms with van der Waals surface area (Å²) in [7, 11) is 0. The van der Waals surface area contributed by atoms with Gasteiger partial charge in [-0.3, -0.25) is 4.90 Å². The molecule has 0 heterocycles. The summed E-state index contributed by atoms with van der Waals surface area (Å²) in [5, 5.41) is 9.33. The van der Waals surface area contributed by atoms with E-state index in [-0.39, 0.29) is 24.8 Å². The molecule has 0 radical (unpaired) electrons. The molecule has 0 bridgehead atoms. The first kappa shape index (κ1) is 19.0. The van der Waals surface area contributed by atoms with Crippen molar-refractivity contribution in [2.45, 2.75) is 46.3 Å². The van der Waals surface area contributed by atoms with Crippen molar-refractivity contribution in [1.82, 2.24) is 0 Å². The first-order valence-corrected chi connectivity index (χ1v) is 7.56. The van der Waals surface area contributed by atoms with Gasteiger partial charge < -0.3 is 14.6 Å². The molecule has 0 aromatic heterocycles. The van der Waals surface area contributed by atoms with Crippen LogP contribution in [0.5, 0.6) is 0 Å². The topological polar surface area (TPSA) is 76.1 Å². The Hall–Kier alpha value is -2.08.